The summed E-state index contributed by atoms with van der Waals surface area (Å²) in [7, 11) is 0. The molecule has 0 aliphatic carbocycles. The lowest BCUT2D eigenvalue weighted by Crippen LogP contribution is -2.35. The highest BCUT2D eigenvalue weighted by Gasteiger charge is 2.37. The average Bonchev–Trinajstić information content (AvgIpc) is 3.42. The van der Waals surface area contributed by atoms with Gasteiger partial charge in [0, 0.05) is 30.1 Å². The lowest BCUT2D eigenvalue weighted by atomic mass is 9.99. The van der Waals surface area contributed by atoms with Gasteiger partial charge in [-0.25, -0.2) is 4.98 Å². The first-order chi connectivity index (χ1) is 14.4. The average molecular weight is 414 g/mol. The van der Waals surface area contributed by atoms with Crippen LogP contribution in [0.2, 0.25) is 0 Å². The Kier molecular flexibility index (Phi) is 4.23. The van der Waals surface area contributed by atoms with E-state index < -0.39 is 11.9 Å². The number of carbonyl (C=O) groups is 1. The smallest absolute Gasteiger partial charge is 0.339 e. The van der Waals surface area contributed by atoms with E-state index in [-0.39, 0.29) is 17.2 Å². The first-order valence-corrected chi connectivity index (χ1v) is 9.61. The summed E-state index contributed by atoms with van der Waals surface area (Å²) in [6.45, 7) is 1.25. The molecule has 1 amide bonds. The van der Waals surface area contributed by atoms with Crippen molar-refractivity contribution in [2.75, 3.05) is 13.1 Å². The number of alkyl halides is 3. The van der Waals surface area contributed by atoms with E-state index in [0.717, 1.165) is 31.0 Å². The van der Waals surface area contributed by atoms with Gasteiger partial charge in [0.2, 0.25) is 0 Å². The fourth-order valence-electron chi connectivity index (χ4n) is 4.03. The van der Waals surface area contributed by atoms with Crippen LogP contribution < -0.4 is 0 Å². The number of nitrogens with zero attached hydrogens (tertiary/aromatic N) is 4. The van der Waals surface area contributed by atoms with Gasteiger partial charge in [0.1, 0.15) is 0 Å². The number of nitrogens with one attached hydrogen (secondary N) is 2. The number of benzene rings is 1. The van der Waals surface area contributed by atoms with Crippen LogP contribution in [0.1, 0.15) is 35.3 Å². The minimum absolute atomic E-state index is 0.0479. The standard InChI is InChI=1S/C20H17F3N6O/c21-20(22,23)18-13(10-25-28-18)16-8-11(19(30)29-6-2-1-3-7-29)17-12-9-24-27-14(12)4-5-15(17)26-16/h4-5,8-10H,1-3,6-7H2,(H,24,27)(H,25,28). The molecule has 1 fully saturated rings. The second-order valence-corrected chi connectivity index (χ2v) is 7.34. The van der Waals surface area contributed by atoms with Gasteiger partial charge < -0.3 is 4.90 Å². The number of fused-ring (bicyclic) bond motifs is 3. The topological polar surface area (TPSA) is 90.6 Å². The molecule has 0 saturated carbocycles. The molecule has 1 saturated heterocycles. The van der Waals surface area contributed by atoms with Crippen LogP contribution in [0, 0.1) is 0 Å². The number of aromatic amines is 2. The van der Waals surface area contributed by atoms with E-state index in [0.29, 0.717) is 34.9 Å². The van der Waals surface area contributed by atoms with Crippen molar-refractivity contribution in [1.29, 1.82) is 0 Å². The predicted octanol–water partition coefficient (Wildman–Crippen LogP) is 4.15. The summed E-state index contributed by atoms with van der Waals surface area (Å²) in [5.41, 5.74) is 0.268. The Morgan fingerprint density at radius 2 is 1.93 bits per heavy atom. The molecule has 3 aromatic heterocycles. The van der Waals surface area contributed by atoms with E-state index in [2.05, 4.69) is 25.4 Å². The third kappa shape index (κ3) is 2.99. The van der Waals surface area contributed by atoms with Crippen LogP contribution in [0.15, 0.2) is 30.6 Å². The minimum atomic E-state index is -4.64. The summed E-state index contributed by atoms with van der Waals surface area (Å²) >= 11 is 0. The molecule has 154 valence electrons. The molecule has 0 radical (unpaired) electrons. The summed E-state index contributed by atoms with van der Waals surface area (Å²) < 4.78 is 40.2. The van der Waals surface area contributed by atoms with Crippen LogP contribution >= 0.6 is 0 Å². The fraction of sp³-hybridized carbons (Fsp3) is 0.300. The number of hydrogen-bond donors (Lipinski definition) is 2. The normalized spacial score (nSPS) is 15.2. The Hall–Kier alpha value is -3.43. The Morgan fingerprint density at radius 1 is 1.13 bits per heavy atom. The van der Waals surface area contributed by atoms with E-state index in [1.54, 1.807) is 23.2 Å². The zero-order valence-corrected chi connectivity index (χ0v) is 15.8. The highest BCUT2D eigenvalue weighted by Crippen LogP contribution is 2.37. The largest absolute Gasteiger partial charge is 0.435 e. The monoisotopic (exact) mass is 414 g/mol. The van der Waals surface area contributed by atoms with Crippen LogP contribution in [0.3, 0.4) is 0 Å². The van der Waals surface area contributed by atoms with Gasteiger partial charge in [-0.3, -0.25) is 15.0 Å². The van der Waals surface area contributed by atoms with E-state index in [1.165, 1.54) is 6.07 Å². The molecule has 0 bridgehead atoms. The van der Waals surface area contributed by atoms with Crippen molar-refractivity contribution >= 4 is 27.7 Å². The molecule has 0 atom stereocenters. The number of hydrogen-bond acceptors (Lipinski definition) is 4. The first-order valence-electron chi connectivity index (χ1n) is 9.61. The lowest BCUT2D eigenvalue weighted by Gasteiger charge is -2.27. The van der Waals surface area contributed by atoms with Crippen molar-refractivity contribution in [1.82, 2.24) is 30.3 Å². The van der Waals surface area contributed by atoms with Gasteiger partial charge >= 0.3 is 6.18 Å². The molecular formula is C20H17F3N6O. The Balaban J connectivity index is 1.76. The summed E-state index contributed by atoms with van der Waals surface area (Å²) in [5.74, 6) is -0.214. The van der Waals surface area contributed by atoms with E-state index in [4.69, 9.17) is 0 Å². The molecule has 5 rings (SSSR count). The summed E-state index contributed by atoms with van der Waals surface area (Å²) in [6, 6.07) is 4.86. The number of carbonyl (C=O) groups excluding carboxylic acids is 1. The molecule has 1 aromatic carbocycles. The molecule has 10 heteroatoms. The van der Waals surface area contributed by atoms with Crippen molar-refractivity contribution in [3.8, 4) is 11.3 Å². The van der Waals surface area contributed by atoms with Crippen molar-refractivity contribution in [2.24, 2.45) is 0 Å². The van der Waals surface area contributed by atoms with Crippen molar-refractivity contribution in [3.05, 3.63) is 41.9 Å². The van der Waals surface area contributed by atoms with Gasteiger partial charge in [-0.2, -0.15) is 23.4 Å². The Labute approximate surface area is 168 Å². The van der Waals surface area contributed by atoms with Gasteiger partial charge in [-0.1, -0.05) is 0 Å². The fourth-order valence-corrected chi connectivity index (χ4v) is 4.03. The van der Waals surface area contributed by atoms with Gasteiger partial charge in [-0.15, -0.1) is 0 Å². The lowest BCUT2D eigenvalue weighted by molar-refractivity contribution is -0.140. The van der Waals surface area contributed by atoms with E-state index in [9.17, 15) is 18.0 Å². The van der Waals surface area contributed by atoms with Gasteiger partial charge in [0.25, 0.3) is 5.91 Å². The number of amides is 1. The molecule has 0 unspecified atom stereocenters. The third-order valence-corrected chi connectivity index (χ3v) is 5.45. The summed E-state index contributed by atoms with van der Waals surface area (Å²) in [4.78, 5) is 19.6. The SMILES string of the molecule is O=C(c1cc(-c2c[nH]nc2C(F)(F)F)nc2ccc3[nH]ncc3c12)N1CCCCC1. The highest BCUT2D eigenvalue weighted by molar-refractivity contribution is 6.16. The molecule has 7 nitrogen and oxygen atoms in total. The zero-order chi connectivity index (χ0) is 20.9. The molecule has 4 heterocycles. The van der Waals surface area contributed by atoms with Crippen LogP contribution in [0.5, 0.6) is 0 Å². The number of likely N-dealkylation sites (tertiary alicyclic amines) is 1. The Bertz CT molecular complexity index is 1250. The van der Waals surface area contributed by atoms with Crippen molar-refractivity contribution in [2.45, 2.75) is 25.4 Å². The predicted molar refractivity (Wildman–Crippen MR) is 104 cm³/mol. The quantitative estimate of drug-likeness (QED) is 0.516. The van der Waals surface area contributed by atoms with Crippen LogP contribution in [0.4, 0.5) is 13.2 Å². The second-order valence-electron chi connectivity index (χ2n) is 7.34. The molecule has 2 N–H and O–H groups in total. The van der Waals surface area contributed by atoms with Gasteiger partial charge in [0.05, 0.1) is 34.1 Å². The molecule has 4 aromatic rings. The molecule has 30 heavy (non-hydrogen) atoms. The number of halogens is 3. The summed E-state index contributed by atoms with van der Waals surface area (Å²) in [6.07, 6.45) is 0.985. The summed E-state index contributed by atoms with van der Waals surface area (Å²) in [5, 5.41) is 13.8. The van der Waals surface area contributed by atoms with Gasteiger partial charge in [0.15, 0.2) is 5.69 Å². The maximum absolute atomic E-state index is 13.4. The highest BCUT2D eigenvalue weighted by atomic mass is 19.4. The van der Waals surface area contributed by atoms with Crippen molar-refractivity contribution in [3.63, 3.8) is 0 Å². The maximum Gasteiger partial charge on any atom is 0.435 e. The van der Waals surface area contributed by atoms with Crippen molar-refractivity contribution < 1.29 is 18.0 Å². The van der Waals surface area contributed by atoms with E-state index in [1.807, 2.05) is 0 Å². The molecule has 1 aliphatic heterocycles. The first kappa shape index (κ1) is 18.6. The van der Waals surface area contributed by atoms with Gasteiger partial charge in [-0.05, 0) is 37.5 Å². The number of H-pyrrole nitrogens is 2. The number of rotatable bonds is 2. The van der Waals surface area contributed by atoms with Crippen LogP contribution in [-0.2, 0) is 6.18 Å². The number of aromatic nitrogens is 5. The number of pyridine rings is 1. The minimum Gasteiger partial charge on any atom is -0.339 e. The van der Waals surface area contributed by atoms with Crippen LogP contribution in [0.25, 0.3) is 33.1 Å². The molecule has 1 aliphatic rings. The maximum atomic E-state index is 13.4. The second kappa shape index (κ2) is 6.82. The van der Waals surface area contributed by atoms with Crippen LogP contribution in [-0.4, -0.2) is 49.3 Å². The Morgan fingerprint density at radius 3 is 2.70 bits per heavy atom. The zero-order valence-electron chi connectivity index (χ0n) is 15.8. The third-order valence-electron chi connectivity index (χ3n) is 5.45. The number of piperidine rings is 1. The molecule has 0 spiro atoms. The molecular weight excluding hydrogens is 397 g/mol. The van der Waals surface area contributed by atoms with E-state index >= 15 is 0 Å².